The van der Waals surface area contributed by atoms with E-state index < -0.39 is 11.2 Å². The summed E-state index contributed by atoms with van der Waals surface area (Å²) in [5.41, 5.74) is 6.67. The van der Waals surface area contributed by atoms with Crippen LogP contribution in [-0.4, -0.2) is 66.6 Å². The first-order valence-electron chi connectivity index (χ1n) is 10.5. The number of hydrogen-bond acceptors (Lipinski definition) is 7. The molecule has 0 aliphatic heterocycles. The summed E-state index contributed by atoms with van der Waals surface area (Å²) in [6.45, 7) is 2.14. The van der Waals surface area contributed by atoms with Crippen LogP contribution < -0.4 is 27.7 Å². The Morgan fingerprint density at radius 2 is 1.54 bits per heavy atom. The first-order chi connectivity index (χ1) is 15.2. The molecule has 0 saturated carbocycles. The van der Waals surface area contributed by atoms with E-state index in [-0.39, 0.29) is 49.2 Å². The van der Waals surface area contributed by atoms with Crippen molar-refractivity contribution in [3.63, 3.8) is 0 Å². The van der Waals surface area contributed by atoms with Gasteiger partial charge in [-0.2, -0.15) is 0 Å². The molecule has 192 valence electrons. The minimum atomic E-state index is -0.463. The van der Waals surface area contributed by atoms with Crippen molar-refractivity contribution in [2.24, 2.45) is 0 Å². The summed E-state index contributed by atoms with van der Waals surface area (Å²) in [5.74, 6) is 0. The smallest absolute Gasteiger partial charge is 0.336 e. The fourth-order valence-electron chi connectivity index (χ4n) is 4.02. The quantitative estimate of drug-likeness (QED) is 0.208. The van der Waals surface area contributed by atoms with Crippen LogP contribution in [-0.2, 0) is 6.54 Å². The maximum Gasteiger partial charge on any atom is 0.336 e. The fourth-order valence-corrected chi connectivity index (χ4v) is 4.02. The molecule has 0 radical (unpaired) electrons. The predicted molar refractivity (Wildman–Crippen MR) is 152 cm³/mol. The van der Waals surface area contributed by atoms with Gasteiger partial charge in [0, 0.05) is 42.9 Å². The molecule has 4 aromatic rings. The van der Waals surface area contributed by atoms with E-state index >= 15 is 0 Å². The average Bonchev–Trinajstić information content (AvgIpc) is 2.73. The van der Waals surface area contributed by atoms with E-state index in [1.54, 1.807) is 30.3 Å². The molecule has 0 aliphatic carbocycles. The molecule has 3 N–H and O–H groups in total. The Hall–Kier alpha value is -2.56. The number of nitrogens with zero attached hydrogens (tertiary/aromatic N) is 4. The van der Waals surface area contributed by atoms with Crippen molar-refractivity contribution in [1.82, 2.24) is 18.8 Å². The molecule has 0 saturated heterocycles. The molecule has 0 unspecified atom stereocenters. The molecule has 4 rings (SSSR count). The molecule has 35 heavy (non-hydrogen) atoms. The van der Waals surface area contributed by atoms with Gasteiger partial charge < -0.3 is 20.9 Å². The lowest BCUT2D eigenvalue weighted by Crippen LogP contribution is -2.40. The molecule has 2 aromatic carbocycles. The van der Waals surface area contributed by atoms with Crippen LogP contribution in [0.5, 0.6) is 0 Å². The third-order valence-corrected chi connectivity index (χ3v) is 5.68. The number of aromatic nitrogens is 2. The van der Waals surface area contributed by atoms with Crippen LogP contribution in [0.25, 0.3) is 27.2 Å². The highest BCUT2D eigenvalue weighted by Crippen LogP contribution is 2.27. The lowest BCUT2D eigenvalue weighted by atomic mass is 10.0. The first kappa shape index (κ1) is 30.5. The average molecular weight is 546 g/mol. The maximum absolute atomic E-state index is 13.6. The largest absolute Gasteiger partial charge is 0.399 e. The van der Waals surface area contributed by atoms with E-state index in [4.69, 9.17) is 5.73 Å². The van der Waals surface area contributed by atoms with E-state index in [1.165, 1.54) is 8.97 Å². The van der Waals surface area contributed by atoms with E-state index in [9.17, 15) is 14.4 Å². The zero-order valence-corrected chi connectivity index (χ0v) is 22.5. The monoisotopic (exact) mass is 544 g/mol. The number of nitrogen functional groups attached to an aromatic ring is 1. The Morgan fingerprint density at radius 1 is 0.886 bits per heavy atom. The molecule has 0 atom stereocenters. The number of halogens is 3. The summed E-state index contributed by atoms with van der Waals surface area (Å²) in [7, 11) is 7.69. The van der Waals surface area contributed by atoms with Crippen LogP contribution in [0.3, 0.4) is 0 Å². The third-order valence-electron chi connectivity index (χ3n) is 5.68. The fraction of sp³-hybridized carbons (Fsp3) is 0.348. The van der Waals surface area contributed by atoms with Crippen molar-refractivity contribution < 1.29 is 0 Å². The minimum Gasteiger partial charge on any atom is -0.399 e. The maximum atomic E-state index is 13.6. The van der Waals surface area contributed by atoms with Crippen LogP contribution >= 0.6 is 37.2 Å². The van der Waals surface area contributed by atoms with Crippen LogP contribution in [0, 0.1) is 0 Å². The molecule has 9 nitrogen and oxygen atoms in total. The van der Waals surface area contributed by atoms with Crippen LogP contribution in [0.15, 0.2) is 44.7 Å². The molecule has 0 aliphatic rings. The Morgan fingerprint density at radius 3 is 2.17 bits per heavy atom. The first-order valence-corrected chi connectivity index (χ1v) is 10.5. The van der Waals surface area contributed by atoms with Crippen molar-refractivity contribution in [3.8, 4) is 0 Å². The normalized spacial score (nSPS) is 11.0. The molecular weight excluding hydrogens is 515 g/mol. The molecule has 0 fully saturated rings. The SMILES string of the molecule is CN(C)CCNc1ccc2c(=O)n(CCN(C)C)c(=O)n3c4ccc(N)cc4c(=O)c1c23.Cl.Cl.Cl. The Labute approximate surface area is 221 Å². The van der Waals surface area contributed by atoms with Gasteiger partial charge in [-0.05, 0) is 58.5 Å². The van der Waals surface area contributed by atoms with Gasteiger partial charge in [-0.1, -0.05) is 0 Å². The number of pyridine rings is 1. The number of rotatable bonds is 7. The predicted octanol–water partition coefficient (Wildman–Crippen LogP) is 1.95. The second kappa shape index (κ2) is 11.9. The van der Waals surface area contributed by atoms with E-state index in [1.807, 2.05) is 38.0 Å². The van der Waals surface area contributed by atoms with Gasteiger partial charge in [-0.15, -0.1) is 37.2 Å². The van der Waals surface area contributed by atoms with E-state index in [0.717, 1.165) is 6.54 Å². The van der Waals surface area contributed by atoms with Crippen molar-refractivity contribution in [2.75, 3.05) is 58.9 Å². The van der Waals surface area contributed by atoms with E-state index in [2.05, 4.69) is 5.32 Å². The van der Waals surface area contributed by atoms with Gasteiger partial charge in [0.05, 0.1) is 21.8 Å². The van der Waals surface area contributed by atoms with Crippen molar-refractivity contribution in [3.05, 3.63) is 61.4 Å². The summed E-state index contributed by atoms with van der Waals surface area (Å²) in [6, 6.07) is 8.35. The van der Waals surface area contributed by atoms with Crippen LogP contribution in [0.1, 0.15) is 0 Å². The summed E-state index contributed by atoms with van der Waals surface area (Å²) in [6.07, 6.45) is 0. The highest BCUT2D eigenvalue weighted by molar-refractivity contribution is 6.07. The molecule has 0 bridgehead atoms. The number of benzene rings is 2. The summed E-state index contributed by atoms with van der Waals surface area (Å²) >= 11 is 0. The summed E-state index contributed by atoms with van der Waals surface area (Å²) in [4.78, 5) is 44.3. The molecular formula is C23H31Cl3N6O3. The number of nitrogens with one attached hydrogen (secondary N) is 1. The highest BCUT2D eigenvalue weighted by atomic mass is 35.5. The van der Waals surface area contributed by atoms with Crippen molar-refractivity contribution in [1.29, 1.82) is 0 Å². The number of fused-ring (bicyclic) bond motifs is 2. The lowest BCUT2D eigenvalue weighted by Gasteiger charge is -2.18. The van der Waals surface area contributed by atoms with Gasteiger partial charge in [0.25, 0.3) is 5.56 Å². The lowest BCUT2D eigenvalue weighted by molar-refractivity contribution is 0.376. The Kier molecular flexibility index (Phi) is 10.4. The Balaban J connectivity index is 0.00000204. The second-order valence-electron chi connectivity index (χ2n) is 8.60. The zero-order valence-electron chi connectivity index (χ0n) is 20.0. The number of likely N-dealkylation sites (N-methyl/N-ethyl adjacent to an activating group) is 2. The Bertz CT molecular complexity index is 1500. The van der Waals surface area contributed by atoms with E-state index in [0.29, 0.717) is 51.7 Å². The van der Waals surface area contributed by atoms with Gasteiger partial charge in [0.1, 0.15) is 0 Å². The minimum absolute atomic E-state index is 0. The van der Waals surface area contributed by atoms with Crippen molar-refractivity contribution >= 4 is 75.8 Å². The molecule has 2 heterocycles. The van der Waals surface area contributed by atoms with Gasteiger partial charge in [0.15, 0.2) is 5.43 Å². The molecule has 2 aromatic heterocycles. The highest BCUT2D eigenvalue weighted by Gasteiger charge is 2.21. The van der Waals surface area contributed by atoms with Gasteiger partial charge in [-0.3, -0.25) is 18.6 Å². The topological polar surface area (TPSA) is 105 Å². The summed E-state index contributed by atoms with van der Waals surface area (Å²) < 4.78 is 2.72. The van der Waals surface area contributed by atoms with Crippen LogP contribution in [0.2, 0.25) is 0 Å². The zero-order chi connectivity index (χ0) is 23.2. The van der Waals surface area contributed by atoms with Crippen LogP contribution in [0.4, 0.5) is 11.4 Å². The standard InChI is InChI=1S/C23H28N6O3.3ClH/c1-26(2)10-9-25-17-7-6-15-20-19(17)21(30)16-13-14(24)5-8-18(16)29(20)23(32)28(22(15)31)12-11-27(3)4;;;/h5-8,13,25H,9-12,24H2,1-4H3;3*1H. The number of anilines is 2. The third kappa shape index (κ3) is 5.49. The molecule has 0 amide bonds. The molecule has 12 heteroatoms. The summed E-state index contributed by atoms with van der Waals surface area (Å²) in [5, 5.41) is 4.31. The number of nitrogens with two attached hydrogens (primary N) is 1. The van der Waals surface area contributed by atoms with Gasteiger partial charge in [-0.25, -0.2) is 4.79 Å². The van der Waals surface area contributed by atoms with Crippen molar-refractivity contribution in [2.45, 2.75) is 6.54 Å². The molecule has 0 spiro atoms. The second-order valence-corrected chi connectivity index (χ2v) is 8.60. The number of hydrogen-bond donors (Lipinski definition) is 2. The van der Waals surface area contributed by atoms with Gasteiger partial charge >= 0.3 is 5.69 Å². The van der Waals surface area contributed by atoms with Gasteiger partial charge in [0.2, 0.25) is 0 Å².